The molecule has 6 heteroatoms. The lowest BCUT2D eigenvalue weighted by atomic mass is 10.1. The lowest BCUT2D eigenvalue weighted by Crippen LogP contribution is -2.25. The average molecular weight is 383 g/mol. The number of amides is 2. The van der Waals surface area contributed by atoms with Crippen molar-refractivity contribution in [3.63, 3.8) is 0 Å². The number of aryl methyl sites for hydroxylation is 3. The van der Waals surface area contributed by atoms with E-state index < -0.39 is 0 Å². The second-order valence-electron chi connectivity index (χ2n) is 6.86. The van der Waals surface area contributed by atoms with Crippen LogP contribution in [0.4, 0.5) is 11.4 Å². The molecule has 0 atom stereocenters. The minimum Gasteiger partial charge on any atom is -0.385 e. The van der Waals surface area contributed by atoms with Gasteiger partial charge in [-0.25, -0.2) is 0 Å². The van der Waals surface area contributed by atoms with E-state index >= 15 is 0 Å². The maximum atomic E-state index is 12.3. The molecule has 0 radical (unpaired) electrons. The second kappa shape index (κ2) is 10.5. The minimum absolute atomic E-state index is 0.117. The smallest absolute Gasteiger partial charge is 0.251 e. The van der Waals surface area contributed by atoms with Crippen molar-refractivity contribution < 1.29 is 14.3 Å². The van der Waals surface area contributed by atoms with Gasteiger partial charge in [0.05, 0.1) is 6.54 Å². The average Bonchev–Trinajstić information content (AvgIpc) is 2.66. The molecular weight excluding hydrogens is 354 g/mol. The predicted molar refractivity (Wildman–Crippen MR) is 113 cm³/mol. The van der Waals surface area contributed by atoms with Gasteiger partial charge >= 0.3 is 0 Å². The fourth-order valence-corrected chi connectivity index (χ4v) is 3.03. The molecule has 2 amide bonds. The van der Waals surface area contributed by atoms with Crippen LogP contribution in [0, 0.1) is 20.8 Å². The van der Waals surface area contributed by atoms with Crippen LogP contribution in [0.2, 0.25) is 0 Å². The first kappa shape index (κ1) is 21.4. The van der Waals surface area contributed by atoms with Crippen LogP contribution in [0.3, 0.4) is 0 Å². The number of rotatable bonds is 9. The quantitative estimate of drug-likeness (QED) is 0.580. The highest BCUT2D eigenvalue weighted by Gasteiger charge is 2.09. The Morgan fingerprint density at radius 3 is 2.43 bits per heavy atom. The lowest BCUT2D eigenvalue weighted by Gasteiger charge is -2.14. The molecule has 6 nitrogen and oxygen atoms in total. The van der Waals surface area contributed by atoms with Crippen LogP contribution < -0.4 is 16.0 Å². The van der Waals surface area contributed by atoms with Gasteiger partial charge in [0.25, 0.3) is 5.91 Å². The number of ether oxygens (including phenoxy) is 1. The molecule has 3 N–H and O–H groups in total. The Kier molecular flexibility index (Phi) is 8.02. The highest BCUT2D eigenvalue weighted by Crippen LogP contribution is 2.21. The molecule has 0 spiro atoms. The highest BCUT2D eigenvalue weighted by atomic mass is 16.5. The van der Waals surface area contributed by atoms with Crippen molar-refractivity contribution in [2.45, 2.75) is 27.2 Å². The lowest BCUT2D eigenvalue weighted by molar-refractivity contribution is -0.114. The molecule has 0 saturated heterocycles. The van der Waals surface area contributed by atoms with Crippen LogP contribution in [-0.4, -0.2) is 38.6 Å². The summed E-state index contributed by atoms with van der Waals surface area (Å²) in [5.74, 6) is -0.278. The molecule has 2 aromatic rings. The zero-order chi connectivity index (χ0) is 20.5. The van der Waals surface area contributed by atoms with Crippen molar-refractivity contribution in [2.24, 2.45) is 0 Å². The number of nitrogens with one attached hydrogen (secondary N) is 3. The Hall–Kier alpha value is -2.86. The van der Waals surface area contributed by atoms with Crippen molar-refractivity contribution in [3.8, 4) is 0 Å². The molecule has 150 valence electrons. The Bertz CT molecular complexity index is 811. The maximum absolute atomic E-state index is 12.3. The largest absolute Gasteiger partial charge is 0.385 e. The molecule has 0 aliphatic heterocycles. The molecule has 0 aliphatic rings. The van der Waals surface area contributed by atoms with Gasteiger partial charge in [-0.05, 0) is 56.5 Å². The Morgan fingerprint density at radius 1 is 1.04 bits per heavy atom. The van der Waals surface area contributed by atoms with Crippen LogP contribution in [0.25, 0.3) is 0 Å². The normalized spacial score (nSPS) is 10.4. The SMILES string of the molecule is COCCCNC(=O)c1cccc(NCC(=O)Nc2c(C)cc(C)cc2C)c1. The predicted octanol–water partition coefficient (Wildman–Crippen LogP) is 3.43. The topological polar surface area (TPSA) is 79.5 Å². The van der Waals surface area contributed by atoms with Crippen LogP contribution in [0.15, 0.2) is 36.4 Å². The Labute approximate surface area is 166 Å². The Morgan fingerprint density at radius 2 is 1.75 bits per heavy atom. The van der Waals surface area contributed by atoms with E-state index in [0.717, 1.165) is 28.9 Å². The van der Waals surface area contributed by atoms with Gasteiger partial charge in [-0.1, -0.05) is 23.8 Å². The first-order chi connectivity index (χ1) is 13.4. The molecule has 0 saturated carbocycles. The summed E-state index contributed by atoms with van der Waals surface area (Å²) < 4.78 is 4.97. The fourth-order valence-electron chi connectivity index (χ4n) is 3.03. The third kappa shape index (κ3) is 6.39. The third-order valence-electron chi connectivity index (χ3n) is 4.33. The summed E-state index contributed by atoms with van der Waals surface area (Å²) in [6.07, 6.45) is 0.762. The van der Waals surface area contributed by atoms with Gasteiger partial charge in [-0.3, -0.25) is 9.59 Å². The molecule has 0 unspecified atom stereocenters. The van der Waals surface area contributed by atoms with Gasteiger partial charge in [0, 0.05) is 37.2 Å². The van der Waals surface area contributed by atoms with Crippen LogP contribution in [0.1, 0.15) is 33.5 Å². The van der Waals surface area contributed by atoms with Gasteiger partial charge in [-0.2, -0.15) is 0 Å². The van der Waals surface area contributed by atoms with Crippen molar-refractivity contribution >= 4 is 23.2 Å². The van der Waals surface area contributed by atoms with Gasteiger partial charge in [0.2, 0.25) is 5.91 Å². The number of methoxy groups -OCH3 is 1. The molecule has 2 aromatic carbocycles. The van der Waals surface area contributed by atoms with Gasteiger partial charge in [0.1, 0.15) is 0 Å². The van der Waals surface area contributed by atoms with Crippen molar-refractivity contribution in [1.82, 2.24) is 5.32 Å². The van der Waals surface area contributed by atoms with Crippen LogP contribution in [0.5, 0.6) is 0 Å². The molecule has 0 aliphatic carbocycles. The van der Waals surface area contributed by atoms with E-state index in [2.05, 4.69) is 16.0 Å². The summed E-state index contributed by atoms with van der Waals surface area (Å²) in [7, 11) is 1.63. The molecule has 0 aromatic heterocycles. The van der Waals surface area contributed by atoms with Gasteiger partial charge in [0.15, 0.2) is 0 Å². The summed E-state index contributed by atoms with van der Waals surface area (Å²) in [5, 5.41) is 8.88. The van der Waals surface area contributed by atoms with Crippen molar-refractivity contribution in [1.29, 1.82) is 0 Å². The zero-order valence-corrected chi connectivity index (χ0v) is 17.0. The van der Waals surface area contributed by atoms with Crippen molar-refractivity contribution in [3.05, 3.63) is 58.7 Å². The molecule has 28 heavy (non-hydrogen) atoms. The van der Waals surface area contributed by atoms with Gasteiger partial charge < -0.3 is 20.7 Å². The third-order valence-corrected chi connectivity index (χ3v) is 4.33. The van der Waals surface area contributed by atoms with E-state index in [4.69, 9.17) is 4.74 Å². The number of benzene rings is 2. The Balaban J connectivity index is 1.90. The van der Waals surface area contributed by atoms with E-state index in [1.165, 1.54) is 5.56 Å². The number of carbonyl (C=O) groups is 2. The summed E-state index contributed by atoms with van der Waals surface area (Å²) in [5.41, 5.74) is 5.37. The molecule has 0 fully saturated rings. The molecular formula is C22H29N3O3. The number of hydrogen-bond acceptors (Lipinski definition) is 4. The van der Waals surface area contributed by atoms with E-state index in [0.29, 0.717) is 18.7 Å². The maximum Gasteiger partial charge on any atom is 0.251 e. The van der Waals surface area contributed by atoms with E-state index in [1.54, 1.807) is 25.3 Å². The molecule has 2 rings (SSSR count). The molecule has 0 heterocycles. The van der Waals surface area contributed by atoms with E-state index in [1.807, 2.05) is 39.0 Å². The highest BCUT2D eigenvalue weighted by molar-refractivity contribution is 5.96. The number of carbonyl (C=O) groups excluding carboxylic acids is 2. The standard InChI is InChI=1S/C22H29N3O3/c1-15-11-16(2)21(17(3)12-15)25-20(26)14-24-19-8-5-7-18(13-19)22(27)23-9-6-10-28-4/h5,7-8,11-13,24H,6,9-10,14H2,1-4H3,(H,23,27)(H,25,26). The van der Waals surface area contributed by atoms with Gasteiger partial charge in [-0.15, -0.1) is 0 Å². The number of hydrogen-bond donors (Lipinski definition) is 3. The van der Waals surface area contributed by atoms with E-state index in [-0.39, 0.29) is 18.4 Å². The monoisotopic (exact) mass is 383 g/mol. The fraction of sp³-hybridized carbons (Fsp3) is 0.364. The van der Waals surface area contributed by atoms with Crippen LogP contribution >= 0.6 is 0 Å². The van der Waals surface area contributed by atoms with Crippen LogP contribution in [-0.2, 0) is 9.53 Å². The first-order valence-electron chi connectivity index (χ1n) is 9.39. The summed E-state index contributed by atoms with van der Waals surface area (Å²) >= 11 is 0. The minimum atomic E-state index is -0.143. The second-order valence-corrected chi connectivity index (χ2v) is 6.86. The molecule has 0 bridgehead atoms. The number of anilines is 2. The summed E-state index contributed by atoms with van der Waals surface area (Å²) in [4.78, 5) is 24.5. The summed E-state index contributed by atoms with van der Waals surface area (Å²) in [6.45, 7) is 7.29. The first-order valence-corrected chi connectivity index (χ1v) is 9.39. The summed E-state index contributed by atoms with van der Waals surface area (Å²) in [6, 6.07) is 11.2. The zero-order valence-electron chi connectivity index (χ0n) is 17.0. The van der Waals surface area contributed by atoms with E-state index in [9.17, 15) is 9.59 Å². The van der Waals surface area contributed by atoms with Crippen molar-refractivity contribution in [2.75, 3.05) is 37.4 Å².